The van der Waals surface area contributed by atoms with Gasteiger partial charge in [0.15, 0.2) is 0 Å². The molecule has 0 aliphatic carbocycles. The SMILES string of the molecule is Cc1noc(C)c1C(=O)N1Cc2ccccc2OC2(CCN([S+](C)(=O)[O-])CC2)C1. The van der Waals surface area contributed by atoms with Crippen molar-refractivity contribution in [3.05, 3.63) is 46.8 Å². The normalized spacial score (nSPS) is 21.2. The van der Waals surface area contributed by atoms with E-state index in [1.54, 1.807) is 18.7 Å². The molecule has 0 saturated carbocycles. The Morgan fingerprint density at radius 1 is 1.24 bits per heavy atom. The summed E-state index contributed by atoms with van der Waals surface area (Å²) < 4.78 is 37.0. The number of carbonyl (C=O) groups excluding carboxylic acids is 1. The molecule has 0 bridgehead atoms. The predicted molar refractivity (Wildman–Crippen MR) is 106 cm³/mol. The highest BCUT2D eigenvalue weighted by Crippen LogP contribution is 2.37. The first-order chi connectivity index (χ1) is 13.7. The maximum absolute atomic E-state index is 13.4. The van der Waals surface area contributed by atoms with E-state index in [0.717, 1.165) is 11.3 Å². The summed E-state index contributed by atoms with van der Waals surface area (Å²) in [4.78, 5) is 15.2. The lowest BCUT2D eigenvalue weighted by Crippen LogP contribution is -2.55. The number of para-hydroxylation sites is 1. The summed E-state index contributed by atoms with van der Waals surface area (Å²) in [5.41, 5.74) is 1.33. The van der Waals surface area contributed by atoms with E-state index >= 15 is 0 Å². The van der Waals surface area contributed by atoms with Crippen LogP contribution in [0.25, 0.3) is 0 Å². The molecule has 1 saturated heterocycles. The maximum Gasteiger partial charge on any atom is 0.259 e. The largest absolute Gasteiger partial charge is 0.598 e. The molecule has 8 nitrogen and oxygen atoms in total. The molecule has 1 atom stereocenters. The Kier molecular flexibility index (Phi) is 5.00. The lowest BCUT2D eigenvalue weighted by molar-refractivity contribution is -0.00231. The van der Waals surface area contributed by atoms with Crippen molar-refractivity contribution in [3.63, 3.8) is 0 Å². The van der Waals surface area contributed by atoms with Gasteiger partial charge in [-0.1, -0.05) is 27.6 Å². The summed E-state index contributed by atoms with van der Waals surface area (Å²) in [7, 11) is -3.25. The van der Waals surface area contributed by atoms with Crippen LogP contribution in [0.15, 0.2) is 28.8 Å². The standard InChI is InChI=1S/C20H25N3O5S/c1-14-18(15(2)28-21-14)19(24)22-12-16-6-4-5-7-17(16)27-20(13-22)8-10-23(11-9-20)29(3,25)26/h4-7H,8-13H2,1-3H3. The Labute approximate surface area is 171 Å². The average Bonchev–Trinajstić information content (AvgIpc) is 2.91. The van der Waals surface area contributed by atoms with Gasteiger partial charge in [0.25, 0.3) is 5.91 Å². The van der Waals surface area contributed by atoms with Crippen molar-refractivity contribution in [2.75, 3.05) is 25.9 Å². The van der Waals surface area contributed by atoms with Crippen molar-refractivity contribution >= 4 is 16.3 Å². The second kappa shape index (κ2) is 7.23. The van der Waals surface area contributed by atoms with Crippen LogP contribution in [0.3, 0.4) is 0 Å². The van der Waals surface area contributed by atoms with Gasteiger partial charge in [-0.15, -0.1) is 4.31 Å². The third-order valence-corrected chi connectivity index (χ3v) is 7.08. The van der Waals surface area contributed by atoms with Gasteiger partial charge < -0.3 is 18.7 Å². The van der Waals surface area contributed by atoms with Crippen molar-refractivity contribution < 1.29 is 22.8 Å². The van der Waals surface area contributed by atoms with E-state index in [9.17, 15) is 13.6 Å². The lowest BCUT2D eigenvalue weighted by atomic mass is 9.91. The van der Waals surface area contributed by atoms with E-state index in [0.29, 0.717) is 56.0 Å². The van der Waals surface area contributed by atoms with Crippen LogP contribution in [-0.2, 0) is 21.2 Å². The molecule has 1 amide bonds. The van der Waals surface area contributed by atoms with Gasteiger partial charge in [-0.2, -0.15) is 0 Å². The number of aromatic nitrogens is 1. The van der Waals surface area contributed by atoms with Gasteiger partial charge in [-0.3, -0.25) is 4.79 Å². The number of carbonyl (C=O) groups is 1. The number of hydrogen-bond acceptors (Lipinski definition) is 6. The minimum Gasteiger partial charge on any atom is -0.598 e. The smallest absolute Gasteiger partial charge is 0.259 e. The van der Waals surface area contributed by atoms with Gasteiger partial charge in [0, 0.05) is 38.0 Å². The molecule has 2 aliphatic rings. The molecule has 29 heavy (non-hydrogen) atoms. The number of sulfonamides is 1. The molecule has 3 heterocycles. The highest BCUT2D eigenvalue weighted by atomic mass is 32.3. The monoisotopic (exact) mass is 419 g/mol. The van der Waals surface area contributed by atoms with Gasteiger partial charge in [-0.05, 0) is 19.9 Å². The first-order valence-corrected chi connectivity index (χ1v) is 11.5. The Balaban J connectivity index is 1.67. The average molecular weight is 420 g/mol. The van der Waals surface area contributed by atoms with E-state index in [4.69, 9.17) is 9.26 Å². The Morgan fingerprint density at radius 3 is 2.55 bits per heavy atom. The maximum atomic E-state index is 13.4. The molecule has 1 aromatic heterocycles. The van der Waals surface area contributed by atoms with E-state index in [1.165, 1.54) is 10.6 Å². The zero-order valence-corrected chi connectivity index (χ0v) is 17.7. The number of nitrogens with zero attached hydrogens (tertiary/aromatic N) is 3. The molecular formula is C20H25N3O5S. The number of aryl methyl sites for hydroxylation is 2. The summed E-state index contributed by atoms with van der Waals surface area (Å²) >= 11 is 0. The fraction of sp³-hybridized carbons (Fsp3) is 0.500. The van der Waals surface area contributed by atoms with Crippen LogP contribution in [-0.4, -0.2) is 56.3 Å². The van der Waals surface area contributed by atoms with Crippen LogP contribution >= 0.6 is 0 Å². The third-order valence-electron chi connectivity index (χ3n) is 5.78. The summed E-state index contributed by atoms with van der Waals surface area (Å²) in [5.74, 6) is 1.09. The summed E-state index contributed by atoms with van der Waals surface area (Å²) in [6.45, 7) is 5.02. The van der Waals surface area contributed by atoms with Crippen molar-refractivity contribution in [3.8, 4) is 5.75 Å². The van der Waals surface area contributed by atoms with Crippen molar-refractivity contribution in [2.45, 2.75) is 38.8 Å². The molecule has 4 rings (SSSR count). The molecule has 9 heteroatoms. The topological polar surface area (TPSA) is 98.9 Å². The molecule has 0 N–H and O–H groups in total. The highest BCUT2D eigenvalue weighted by molar-refractivity contribution is 7.94. The second-order valence-corrected chi connectivity index (χ2v) is 9.90. The third kappa shape index (κ3) is 3.82. The van der Waals surface area contributed by atoms with Crippen LogP contribution in [0.1, 0.15) is 40.2 Å². The van der Waals surface area contributed by atoms with Crippen LogP contribution in [0.5, 0.6) is 5.75 Å². The molecule has 2 aromatic rings. The molecule has 1 spiro atoms. The second-order valence-electron chi connectivity index (χ2n) is 7.92. The van der Waals surface area contributed by atoms with Crippen molar-refractivity contribution in [1.82, 2.24) is 14.4 Å². The van der Waals surface area contributed by atoms with Gasteiger partial charge in [0.05, 0.1) is 12.2 Å². The summed E-state index contributed by atoms with van der Waals surface area (Å²) in [6.07, 6.45) is 2.25. The minimum absolute atomic E-state index is 0.147. The van der Waals surface area contributed by atoms with Crippen LogP contribution < -0.4 is 4.74 Å². The number of amides is 1. The van der Waals surface area contributed by atoms with E-state index in [1.807, 2.05) is 24.3 Å². The van der Waals surface area contributed by atoms with Crippen LogP contribution in [0, 0.1) is 13.8 Å². The number of benzene rings is 1. The van der Waals surface area contributed by atoms with Crippen molar-refractivity contribution in [2.24, 2.45) is 0 Å². The minimum atomic E-state index is -3.25. The predicted octanol–water partition coefficient (Wildman–Crippen LogP) is 2.34. The Hall–Kier alpha value is -2.23. The van der Waals surface area contributed by atoms with Gasteiger partial charge in [0.2, 0.25) is 0 Å². The Bertz CT molecular complexity index is 955. The first kappa shape index (κ1) is 20.1. The molecule has 1 aromatic carbocycles. The summed E-state index contributed by atoms with van der Waals surface area (Å²) in [6, 6.07) is 7.69. The fourth-order valence-corrected chi connectivity index (χ4v) is 5.03. The highest BCUT2D eigenvalue weighted by Gasteiger charge is 2.45. The number of ether oxygens (including phenoxy) is 1. The van der Waals surface area contributed by atoms with Crippen LogP contribution in [0.4, 0.5) is 0 Å². The summed E-state index contributed by atoms with van der Waals surface area (Å²) in [5, 5.41) is 3.91. The molecule has 1 unspecified atom stereocenters. The zero-order chi connectivity index (χ0) is 20.8. The first-order valence-electron chi connectivity index (χ1n) is 9.63. The van der Waals surface area contributed by atoms with Gasteiger partial charge in [-0.25, -0.2) is 0 Å². The number of hydrogen-bond donors (Lipinski definition) is 0. The van der Waals surface area contributed by atoms with Crippen LogP contribution in [0.2, 0.25) is 0 Å². The van der Waals surface area contributed by atoms with Gasteiger partial charge in [0.1, 0.15) is 39.3 Å². The molecule has 1 fully saturated rings. The Morgan fingerprint density at radius 2 is 1.93 bits per heavy atom. The number of fused-ring (bicyclic) bond motifs is 1. The number of rotatable bonds is 2. The van der Waals surface area contributed by atoms with E-state index in [-0.39, 0.29) is 5.91 Å². The number of piperidine rings is 1. The molecular weight excluding hydrogens is 394 g/mol. The zero-order valence-electron chi connectivity index (χ0n) is 16.8. The molecule has 156 valence electrons. The van der Waals surface area contributed by atoms with Gasteiger partial charge >= 0.3 is 0 Å². The van der Waals surface area contributed by atoms with E-state index in [2.05, 4.69) is 5.16 Å². The quantitative estimate of drug-likeness (QED) is 0.693. The lowest BCUT2D eigenvalue weighted by Gasteiger charge is -2.42. The fourth-order valence-electron chi connectivity index (χ4n) is 4.18. The molecule has 2 aliphatic heterocycles. The van der Waals surface area contributed by atoms with E-state index < -0.39 is 16.0 Å². The van der Waals surface area contributed by atoms with Crippen molar-refractivity contribution in [1.29, 1.82) is 0 Å². The molecule has 0 radical (unpaired) electrons.